The van der Waals surface area contributed by atoms with Crippen molar-refractivity contribution in [2.24, 2.45) is 0 Å². The van der Waals surface area contributed by atoms with Gasteiger partial charge in [-0.15, -0.1) is 0 Å². The van der Waals surface area contributed by atoms with Gasteiger partial charge < -0.3 is 9.68 Å². The van der Waals surface area contributed by atoms with Crippen LogP contribution in [0.3, 0.4) is 0 Å². The van der Waals surface area contributed by atoms with E-state index < -0.39 is 7.12 Å². The number of rotatable bonds is 3. The quantitative estimate of drug-likeness (QED) is 0.693. The molecule has 1 aliphatic rings. The predicted octanol–water partition coefficient (Wildman–Crippen LogP) is 0.692. The Labute approximate surface area is 76.5 Å². The first kappa shape index (κ1) is 8.72. The fraction of sp³-hybridized carbons (Fsp3) is 0.333. The minimum Gasteiger partial charge on any atom is -0.423 e. The molecule has 4 heteroatoms. The van der Waals surface area contributed by atoms with E-state index in [2.05, 4.69) is 0 Å². The van der Waals surface area contributed by atoms with Crippen molar-refractivity contribution in [3.8, 4) is 0 Å². The van der Waals surface area contributed by atoms with Gasteiger partial charge in [0.05, 0.1) is 0 Å². The van der Waals surface area contributed by atoms with E-state index in [9.17, 15) is 9.41 Å². The zero-order chi connectivity index (χ0) is 9.26. The van der Waals surface area contributed by atoms with E-state index >= 15 is 0 Å². The van der Waals surface area contributed by atoms with Gasteiger partial charge in [0, 0.05) is 6.10 Å². The first-order valence-electron chi connectivity index (χ1n) is 4.35. The van der Waals surface area contributed by atoms with E-state index in [0.717, 1.165) is 12.8 Å². The summed E-state index contributed by atoms with van der Waals surface area (Å²) in [6.45, 7) is 0. The second-order valence-corrected chi connectivity index (χ2v) is 3.24. The van der Waals surface area contributed by atoms with Crippen LogP contribution in [0.25, 0.3) is 0 Å². The third-order valence-corrected chi connectivity index (χ3v) is 1.98. The maximum absolute atomic E-state index is 12.7. The average Bonchev–Trinajstić information content (AvgIpc) is 2.88. The summed E-state index contributed by atoms with van der Waals surface area (Å²) >= 11 is 0. The summed E-state index contributed by atoms with van der Waals surface area (Å²) in [5.74, 6) is -0.351. The molecule has 1 aromatic carbocycles. The van der Waals surface area contributed by atoms with Crippen LogP contribution in [0.15, 0.2) is 24.3 Å². The van der Waals surface area contributed by atoms with E-state index in [1.165, 1.54) is 12.1 Å². The molecule has 1 fully saturated rings. The highest BCUT2D eigenvalue weighted by Gasteiger charge is 2.29. The summed E-state index contributed by atoms with van der Waals surface area (Å²) in [5, 5.41) is 9.47. The lowest BCUT2D eigenvalue weighted by atomic mass is 9.79. The van der Waals surface area contributed by atoms with Gasteiger partial charge in [0.15, 0.2) is 0 Å². The van der Waals surface area contributed by atoms with Crippen LogP contribution in [0.1, 0.15) is 12.8 Å². The van der Waals surface area contributed by atoms with E-state index in [0.29, 0.717) is 5.46 Å². The average molecular weight is 180 g/mol. The molecule has 0 heterocycles. The molecule has 0 saturated heterocycles. The van der Waals surface area contributed by atoms with Crippen LogP contribution in [-0.2, 0) is 4.65 Å². The third kappa shape index (κ3) is 2.29. The molecule has 1 aliphatic carbocycles. The van der Waals surface area contributed by atoms with Gasteiger partial charge in [-0.2, -0.15) is 0 Å². The number of benzene rings is 1. The van der Waals surface area contributed by atoms with E-state index in [-0.39, 0.29) is 11.9 Å². The summed E-state index contributed by atoms with van der Waals surface area (Å²) in [5.41, 5.74) is 0.479. The van der Waals surface area contributed by atoms with Crippen LogP contribution in [0.2, 0.25) is 0 Å². The Kier molecular flexibility index (Phi) is 2.33. The molecule has 0 bridgehead atoms. The highest BCUT2D eigenvalue weighted by Crippen LogP contribution is 2.23. The third-order valence-electron chi connectivity index (χ3n) is 1.98. The second-order valence-electron chi connectivity index (χ2n) is 3.24. The molecule has 2 nitrogen and oxygen atoms in total. The fourth-order valence-corrected chi connectivity index (χ4v) is 1.13. The van der Waals surface area contributed by atoms with Crippen LogP contribution < -0.4 is 5.46 Å². The lowest BCUT2D eigenvalue weighted by Crippen LogP contribution is -2.34. The molecule has 0 spiro atoms. The maximum Gasteiger partial charge on any atom is 0.491 e. The molecule has 0 unspecified atom stereocenters. The zero-order valence-corrected chi connectivity index (χ0v) is 7.11. The van der Waals surface area contributed by atoms with Crippen molar-refractivity contribution in [2.75, 3.05) is 0 Å². The fourth-order valence-electron chi connectivity index (χ4n) is 1.13. The number of hydrogen-bond donors (Lipinski definition) is 1. The predicted molar refractivity (Wildman–Crippen MR) is 48.1 cm³/mol. The van der Waals surface area contributed by atoms with Crippen LogP contribution in [0.5, 0.6) is 0 Å². The molecule has 0 amide bonds. The Hall–Kier alpha value is -0.865. The normalized spacial score (nSPS) is 15.8. The molecule has 1 saturated carbocycles. The molecule has 1 N–H and O–H groups in total. The van der Waals surface area contributed by atoms with Crippen molar-refractivity contribution in [1.29, 1.82) is 0 Å². The second kappa shape index (κ2) is 3.48. The first-order valence-corrected chi connectivity index (χ1v) is 4.35. The van der Waals surface area contributed by atoms with Crippen molar-refractivity contribution in [1.82, 2.24) is 0 Å². The van der Waals surface area contributed by atoms with Crippen LogP contribution in [-0.4, -0.2) is 18.2 Å². The van der Waals surface area contributed by atoms with Crippen molar-refractivity contribution in [3.05, 3.63) is 30.1 Å². The Morgan fingerprint density at radius 3 is 2.85 bits per heavy atom. The van der Waals surface area contributed by atoms with Crippen LogP contribution in [0, 0.1) is 5.82 Å². The molecule has 0 aromatic heterocycles. The van der Waals surface area contributed by atoms with E-state index in [1.54, 1.807) is 12.1 Å². The van der Waals surface area contributed by atoms with Crippen LogP contribution in [0.4, 0.5) is 4.39 Å². The van der Waals surface area contributed by atoms with Crippen molar-refractivity contribution in [3.63, 3.8) is 0 Å². The van der Waals surface area contributed by atoms with Gasteiger partial charge in [0.1, 0.15) is 5.82 Å². The Morgan fingerprint density at radius 1 is 1.46 bits per heavy atom. The molecule has 2 rings (SSSR count). The summed E-state index contributed by atoms with van der Waals surface area (Å²) in [6.07, 6.45) is 2.15. The molecule has 0 radical (unpaired) electrons. The lowest BCUT2D eigenvalue weighted by molar-refractivity contribution is 0.257. The molecular weight excluding hydrogens is 170 g/mol. The molecule has 68 valence electrons. The van der Waals surface area contributed by atoms with Crippen molar-refractivity contribution >= 4 is 12.6 Å². The SMILES string of the molecule is OB(OC1CC1)c1cccc(F)c1. The van der Waals surface area contributed by atoms with Gasteiger partial charge in [0.25, 0.3) is 0 Å². The smallest absolute Gasteiger partial charge is 0.423 e. The van der Waals surface area contributed by atoms with Gasteiger partial charge in [0.2, 0.25) is 0 Å². The highest BCUT2D eigenvalue weighted by molar-refractivity contribution is 6.60. The van der Waals surface area contributed by atoms with Crippen LogP contribution >= 0.6 is 0 Å². The molecule has 0 atom stereocenters. The standard InChI is InChI=1S/C9H10BFO2/c11-8-3-1-2-7(6-8)10(12)13-9-4-5-9/h1-3,6,9,12H,4-5H2. The van der Waals surface area contributed by atoms with E-state index in [4.69, 9.17) is 4.65 Å². The Morgan fingerprint density at radius 2 is 2.23 bits per heavy atom. The zero-order valence-electron chi connectivity index (χ0n) is 7.11. The van der Waals surface area contributed by atoms with Gasteiger partial charge in [-0.3, -0.25) is 0 Å². The topological polar surface area (TPSA) is 29.5 Å². The largest absolute Gasteiger partial charge is 0.491 e. The summed E-state index contributed by atoms with van der Waals surface area (Å²) < 4.78 is 17.9. The van der Waals surface area contributed by atoms with Gasteiger partial charge in [-0.1, -0.05) is 12.1 Å². The van der Waals surface area contributed by atoms with Gasteiger partial charge >= 0.3 is 7.12 Å². The molecule has 13 heavy (non-hydrogen) atoms. The van der Waals surface area contributed by atoms with Gasteiger partial charge in [-0.05, 0) is 30.4 Å². The lowest BCUT2D eigenvalue weighted by Gasteiger charge is -2.06. The minimum atomic E-state index is -0.983. The number of halogens is 1. The van der Waals surface area contributed by atoms with Crippen molar-refractivity contribution in [2.45, 2.75) is 18.9 Å². The monoisotopic (exact) mass is 180 g/mol. The maximum atomic E-state index is 12.7. The molecule has 0 aliphatic heterocycles. The summed E-state index contributed by atoms with van der Waals surface area (Å²) in [6, 6.07) is 5.83. The number of hydrogen-bond acceptors (Lipinski definition) is 2. The Bertz CT molecular complexity index is 301. The van der Waals surface area contributed by atoms with E-state index in [1.807, 2.05) is 0 Å². The highest BCUT2D eigenvalue weighted by atomic mass is 19.1. The summed E-state index contributed by atoms with van der Waals surface area (Å²) in [4.78, 5) is 0. The first-order chi connectivity index (χ1) is 6.25. The van der Waals surface area contributed by atoms with Crippen molar-refractivity contribution < 1.29 is 14.1 Å². The Balaban J connectivity index is 2.04. The molecule has 1 aromatic rings. The summed E-state index contributed by atoms with van der Waals surface area (Å²) in [7, 11) is -0.983. The minimum absolute atomic E-state index is 0.165. The molecular formula is C9H10BFO2. The van der Waals surface area contributed by atoms with Gasteiger partial charge in [-0.25, -0.2) is 4.39 Å².